The standard InChI is InChI=1S/C16H19FN2O/c1-2-8-20-16-10-13(9-14(17)11-16)12-18-19-15-6-4-3-5-7-15/h3-7,9-11,18-19H,2,8,12H2,1H3. The summed E-state index contributed by atoms with van der Waals surface area (Å²) in [7, 11) is 0. The Bertz CT molecular complexity index is 531. The van der Waals surface area contributed by atoms with Crippen LogP contribution in [0.2, 0.25) is 0 Å². The van der Waals surface area contributed by atoms with E-state index in [2.05, 4.69) is 10.9 Å². The van der Waals surface area contributed by atoms with Crippen LogP contribution in [0.5, 0.6) is 5.75 Å². The van der Waals surface area contributed by atoms with Gasteiger partial charge in [0.25, 0.3) is 0 Å². The van der Waals surface area contributed by atoms with Gasteiger partial charge in [-0.05, 0) is 36.2 Å². The number of hydrazine groups is 1. The molecule has 106 valence electrons. The van der Waals surface area contributed by atoms with Gasteiger partial charge in [-0.25, -0.2) is 9.82 Å². The monoisotopic (exact) mass is 274 g/mol. The lowest BCUT2D eigenvalue weighted by Crippen LogP contribution is -2.20. The maximum atomic E-state index is 13.5. The Morgan fingerprint density at radius 3 is 2.65 bits per heavy atom. The first kappa shape index (κ1) is 14.3. The molecule has 0 aromatic heterocycles. The average Bonchev–Trinajstić information content (AvgIpc) is 2.46. The Hall–Kier alpha value is -2.07. The molecule has 0 amide bonds. The predicted octanol–water partition coefficient (Wildman–Crippen LogP) is 3.73. The van der Waals surface area contributed by atoms with Gasteiger partial charge in [0, 0.05) is 18.3 Å². The Kier molecular flexibility index (Phi) is 5.38. The second kappa shape index (κ2) is 7.50. The van der Waals surface area contributed by atoms with Crippen LogP contribution in [-0.2, 0) is 6.54 Å². The molecular formula is C16H19FN2O. The number of para-hydroxylation sites is 1. The number of hydrogen-bond donors (Lipinski definition) is 2. The lowest BCUT2D eigenvalue weighted by molar-refractivity contribution is 0.315. The van der Waals surface area contributed by atoms with E-state index in [1.54, 1.807) is 0 Å². The van der Waals surface area contributed by atoms with E-state index < -0.39 is 0 Å². The quantitative estimate of drug-likeness (QED) is 0.755. The highest BCUT2D eigenvalue weighted by Crippen LogP contribution is 2.16. The minimum atomic E-state index is -0.282. The summed E-state index contributed by atoms with van der Waals surface area (Å²) in [6.45, 7) is 3.12. The van der Waals surface area contributed by atoms with Crippen LogP contribution in [0.4, 0.5) is 10.1 Å². The molecule has 3 nitrogen and oxygen atoms in total. The molecule has 0 fully saturated rings. The highest BCUT2D eigenvalue weighted by Gasteiger charge is 2.02. The molecule has 0 saturated carbocycles. The molecule has 0 radical (unpaired) electrons. The van der Waals surface area contributed by atoms with Crippen molar-refractivity contribution in [1.82, 2.24) is 5.43 Å². The van der Waals surface area contributed by atoms with Gasteiger partial charge < -0.3 is 10.2 Å². The van der Waals surface area contributed by atoms with E-state index >= 15 is 0 Å². The molecule has 0 unspecified atom stereocenters. The lowest BCUT2D eigenvalue weighted by Gasteiger charge is -2.10. The Morgan fingerprint density at radius 1 is 1.10 bits per heavy atom. The molecule has 0 aliphatic rings. The third kappa shape index (κ3) is 4.55. The Balaban J connectivity index is 1.90. The molecule has 0 heterocycles. The molecule has 0 bridgehead atoms. The van der Waals surface area contributed by atoms with Crippen LogP contribution < -0.4 is 15.6 Å². The van der Waals surface area contributed by atoms with E-state index in [4.69, 9.17) is 4.74 Å². The largest absolute Gasteiger partial charge is 0.493 e. The second-order valence-corrected chi connectivity index (χ2v) is 4.49. The van der Waals surface area contributed by atoms with Gasteiger partial charge in [0.15, 0.2) is 0 Å². The number of anilines is 1. The van der Waals surface area contributed by atoms with Crippen LogP contribution in [0, 0.1) is 5.82 Å². The third-order valence-corrected chi connectivity index (χ3v) is 2.70. The third-order valence-electron chi connectivity index (χ3n) is 2.70. The summed E-state index contributed by atoms with van der Waals surface area (Å²) in [6.07, 6.45) is 0.902. The van der Waals surface area contributed by atoms with Crippen LogP contribution in [0.1, 0.15) is 18.9 Å². The topological polar surface area (TPSA) is 33.3 Å². The predicted molar refractivity (Wildman–Crippen MR) is 79.1 cm³/mol. The minimum Gasteiger partial charge on any atom is -0.493 e. The smallest absolute Gasteiger partial charge is 0.127 e. The first-order valence-corrected chi connectivity index (χ1v) is 6.74. The zero-order valence-electron chi connectivity index (χ0n) is 11.5. The van der Waals surface area contributed by atoms with E-state index in [0.29, 0.717) is 18.9 Å². The van der Waals surface area contributed by atoms with Gasteiger partial charge in [-0.3, -0.25) is 0 Å². The Morgan fingerprint density at radius 2 is 1.90 bits per heavy atom. The molecule has 4 heteroatoms. The van der Waals surface area contributed by atoms with Crippen molar-refractivity contribution in [2.45, 2.75) is 19.9 Å². The summed E-state index contributed by atoms with van der Waals surface area (Å²) in [6, 6.07) is 14.5. The van der Waals surface area contributed by atoms with Crippen LogP contribution >= 0.6 is 0 Å². The van der Waals surface area contributed by atoms with E-state index in [-0.39, 0.29) is 5.82 Å². The SMILES string of the molecule is CCCOc1cc(F)cc(CNNc2ccccc2)c1. The van der Waals surface area contributed by atoms with E-state index in [1.807, 2.05) is 43.3 Å². The van der Waals surface area contributed by atoms with Crippen LogP contribution in [0.25, 0.3) is 0 Å². The van der Waals surface area contributed by atoms with E-state index in [0.717, 1.165) is 17.7 Å². The van der Waals surface area contributed by atoms with Crippen molar-refractivity contribution in [3.05, 3.63) is 59.9 Å². The Labute approximate surface area is 118 Å². The van der Waals surface area contributed by atoms with Crippen molar-refractivity contribution in [3.63, 3.8) is 0 Å². The van der Waals surface area contributed by atoms with Gasteiger partial charge in [-0.1, -0.05) is 25.1 Å². The molecule has 0 aliphatic heterocycles. The maximum absolute atomic E-state index is 13.5. The second-order valence-electron chi connectivity index (χ2n) is 4.49. The number of nitrogens with one attached hydrogen (secondary N) is 2. The fraction of sp³-hybridized carbons (Fsp3) is 0.250. The van der Waals surface area contributed by atoms with E-state index in [1.165, 1.54) is 12.1 Å². The lowest BCUT2D eigenvalue weighted by atomic mass is 10.2. The van der Waals surface area contributed by atoms with Crippen molar-refractivity contribution >= 4 is 5.69 Å². The molecular weight excluding hydrogens is 255 g/mol. The van der Waals surface area contributed by atoms with E-state index in [9.17, 15) is 4.39 Å². The van der Waals surface area contributed by atoms with Crippen molar-refractivity contribution in [2.24, 2.45) is 0 Å². The highest BCUT2D eigenvalue weighted by atomic mass is 19.1. The average molecular weight is 274 g/mol. The molecule has 2 N–H and O–H groups in total. The maximum Gasteiger partial charge on any atom is 0.127 e. The minimum absolute atomic E-state index is 0.282. The molecule has 0 aliphatic carbocycles. The number of halogens is 1. The number of benzene rings is 2. The van der Waals surface area contributed by atoms with Crippen molar-refractivity contribution in [1.29, 1.82) is 0 Å². The summed E-state index contributed by atoms with van der Waals surface area (Å²) < 4.78 is 18.9. The first-order chi connectivity index (χ1) is 9.78. The van der Waals surface area contributed by atoms with Crippen molar-refractivity contribution in [2.75, 3.05) is 12.0 Å². The zero-order chi connectivity index (χ0) is 14.2. The molecule has 2 aromatic carbocycles. The summed E-state index contributed by atoms with van der Waals surface area (Å²) in [5.41, 5.74) is 7.92. The van der Waals surface area contributed by atoms with Crippen LogP contribution in [-0.4, -0.2) is 6.61 Å². The van der Waals surface area contributed by atoms with Crippen molar-refractivity contribution < 1.29 is 9.13 Å². The number of rotatable bonds is 7. The molecule has 0 atom stereocenters. The van der Waals surface area contributed by atoms with Gasteiger partial charge in [0.2, 0.25) is 0 Å². The number of ether oxygens (including phenoxy) is 1. The fourth-order valence-electron chi connectivity index (χ4n) is 1.80. The van der Waals surface area contributed by atoms with Gasteiger partial charge in [-0.15, -0.1) is 0 Å². The summed E-state index contributed by atoms with van der Waals surface area (Å²) in [4.78, 5) is 0. The molecule has 2 rings (SSSR count). The fourth-order valence-corrected chi connectivity index (χ4v) is 1.80. The van der Waals surface area contributed by atoms with Crippen LogP contribution in [0.3, 0.4) is 0 Å². The summed E-state index contributed by atoms with van der Waals surface area (Å²) >= 11 is 0. The molecule has 0 saturated heterocycles. The highest BCUT2D eigenvalue weighted by molar-refractivity contribution is 5.41. The molecule has 2 aromatic rings. The van der Waals surface area contributed by atoms with Gasteiger partial charge >= 0.3 is 0 Å². The first-order valence-electron chi connectivity index (χ1n) is 6.74. The zero-order valence-corrected chi connectivity index (χ0v) is 11.5. The van der Waals surface area contributed by atoms with Crippen molar-refractivity contribution in [3.8, 4) is 5.75 Å². The summed E-state index contributed by atoms with van der Waals surface area (Å²) in [5.74, 6) is 0.290. The summed E-state index contributed by atoms with van der Waals surface area (Å²) in [5, 5.41) is 0. The van der Waals surface area contributed by atoms with Gasteiger partial charge in [0.1, 0.15) is 11.6 Å². The van der Waals surface area contributed by atoms with Gasteiger partial charge in [0.05, 0.1) is 6.61 Å². The van der Waals surface area contributed by atoms with Crippen LogP contribution in [0.15, 0.2) is 48.5 Å². The van der Waals surface area contributed by atoms with Gasteiger partial charge in [-0.2, -0.15) is 0 Å². The molecule has 0 spiro atoms. The normalized spacial score (nSPS) is 10.3. The number of hydrogen-bond acceptors (Lipinski definition) is 3. The molecule has 20 heavy (non-hydrogen) atoms.